The van der Waals surface area contributed by atoms with Crippen LogP contribution in [0.25, 0.3) is 0 Å². The lowest BCUT2D eigenvalue weighted by Crippen LogP contribution is -2.49. The highest BCUT2D eigenvalue weighted by atomic mass is 16.5. The summed E-state index contributed by atoms with van der Waals surface area (Å²) >= 11 is 0. The van der Waals surface area contributed by atoms with Gasteiger partial charge in [0.25, 0.3) is 11.8 Å². The Morgan fingerprint density at radius 3 is 2.38 bits per heavy atom. The Kier molecular flexibility index (Phi) is 8.04. The molecule has 2 aromatic rings. The number of aliphatic hydroxyl groups excluding tert-OH is 1. The summed E-state index contributed by atoms with van der Waals surface area (Å²) < 4.78 is 11.3. The lowest BCUT2D eigenvalue weighted by atomic mass is 10.1. The van der Waals surface area contributed by atoms with Crippen molar-refractivity contribution in [1.82, 2.24) is 15.1 Å². The van der Waals surface area contributed by atoms with Crippen molar-refractivity contribution in [1.29, 1.82) is 0 Å². The number of carbonyl (C=O) groups is 3. The van der Waals surface area contributed by atoms with Gasteiger partial charge in [-0.05, 0) is 61.9 Å². The van der Waals surface area contributed by atoms with Crippen LogP contribution < -0.4 is 10.1 Å². The SMILES string of the molecule is CCOc1cc(C(=O)N2C3CCC2COC3)ccc1C(=O)NC[C@H](O)CN(C(=O)O)C1Cc2ccccc2C1. The average molecular weight is 538 g/mol. The lowest BCUT2D eigenvalue weighted by Gasteiger charge is -2.34. The van der Waals surface area contributed by atoms with Crippen molar-refractivity contribution in [3.63, 3.8) is 0 Å². The smallest absolute Gasteiger partial charge is 0.407 e. The molecule has 2 bridgehead atoms. The summed E-state index contributed by atoms with van der Waals surface area (Å²) in [5.74, 6) is -0.290. The molecule has 208 valence electrons. The number of nitrogens with zero attached hydrogens (tertiary/aromatic N) is 2. The number of fused-ring (bicyclic) bond motifs is 3. The number of hydrogen-bond donors (Lipinski definition) is 3. The van der Waals surface area contributed by atoms with E-state index < -0.39 is 18.1 Å². The van der Waals surface area contributed by atoms with Gasteiger partial charge in [-0.3, -0.25) is 9.59 Å². The van der Waals surface area contributed by atoms with Gasteiger partial charge in [-0.2, -0.15) is 0 Å². The van der Waals surface area contributed by atoms with Crippen LogP contribution in [-0.2, 0) is 17.6 Å². The molecule has 0 saturated carbocycles. The number of morpholine rings is 1. The monoisotopic (exact) mass is 537 g/mol. The van der Waals surface area contributed by atoms with Crippen LogP contribution in [-0.4, -0.2) is 95.1 Å². The Hall–Kier alpha value is -3.63. The molecule has 39 heavy (non-hydrogen) atoms. The van der Waals surface area contributed by atoms with E-state index in [9.17, 15) is 24.6 Å². The zero-order valence-electron chi connectivity index (χ0n) is 22.0. The van der Waals surface area contributed by atoms with Crippen LogP contribution in [0, 0.1) is 0 Å². The molecular weight excluding hydrogens is 502 g/mol. The predicted octanol–water partition coefficient (Wildman–Crippen LogP) is 2.33. The van der Waals surface area contributed by atoms with E-state index in [1.54, 1.807) is 25.1 Å². The van der Waals surface area contributed by atoms with Crippen molar-refractivity contribution in [3.05, 3.63) is 64.7 Å². The van der Waals surface area contributed by atoms with E-state index in [4.69, 9.17) is 9.47 Å². The molecule has 2 heterocycles. The van der Waals surface area contributed by atoms with E-state index in [2.05, 4.69) is 5.32 Å². The fourth-order valence-electron chi connectivity index (χ4n) is 5.96. The molecule has 2 unspecified atom stereocenters. The molecule has 10 nitrogen and oxygen atoms in total. The van der Waals surface area contributed by atoms with Gasteiger partial charge < -0.3 is 34.8 Å². The molecule has 3 aliphatic rings. The number of nitrogens with one attached hydrogen (secondary N) is 1. The van der Waals surface area contributed by atoms with E-state index in [-0.39, 0.29) is 48.4 Å². The van der Waals surface area contributed by atoms with Crippen LogP contribution in [0.15, 0.2) is 42.5 Å². The molecule has 5 rings (SSSR count). The van der Waals surface area contributed by atoms with Crippen molar-refractivity contribution < 1.29 is 34.1 Å². The normalized spacial score (nSPS) is 20.8. The maximum atomic E-state index is 13.3. The molecule has 3 N–H and O–H groups in total. The molecule has 0 spiro atoms. The third kappa shape index (κ3) is 5.72. The quantitative estimate of drug-likeness (QED) is 0.448. The molecule has 2 fully saturated rings. The van der Waals surface area contributed by atoms with Crippen LogP contribution in [0.5, 0.6) is 5.75 Å². The highest BCUT2D eigenvalue weighted by molar-refractivity contribution is 6.00. The molecule has 2 aromatic carbocycles. The number of carboxylic acid groups (broad SMARTS) is 1. The molecule has 1 aliphatic carbocycles. The highest BCUT2D eigenvalue weighted by Gasteiger charge is 2.41. The fourth-order valence-corrected chi connectivity index (χ4v) is 5.96. The Bertz CT molecular complexity index is 1190. The van der Waals surface area contributed by atoms with Crippen molar-refractivity contribution in [3.8, 4) is 5.75 Å². The van der Waals surface area contributed by atoms with Gasteiger partial charge in [-0.1, -0.05) is 24.3 Å². The maximum Gasteiger partial charge on any atom is 0.407 e. The Labute approximate surface area is 227 Å². The van der Waals surface area contributed by atoms with Crippen molar-refractivity contribution >= 4 is 17.9 Å². The molecule has 2 aliphatic heterocycles. The summed E-state index contributed by atoms with van der Waals surface area (Å²) in [5.41, 5.74) is 2.92. The Morgan fingerprint density at radius 1 is 1.10 bits per heavy atom. The van der Waals surface area contributed by atoms with E-state index >= 15 is 0 Å². The van der Waals surface area contributed by atoms with Crippen LogP contribution >= 0.6 is 0 Å². The van der Waals surface area contributed by atoms with E-state index in [0.29, 0.717) is 38.2 Å². The molecular formula is C29H35N3O7. The largest absolute Gasteiger partial charge is 0.493 e. The summed E-state index contributed by atoms with van der Waals surface area (Å²) in [6.07, 6.45) is 0.828. The third-order valence-electron chi connectivity index (χ3n) is 7.87. The standard InChI is InChI=1S/C29H35N3O7/c1-2-39-26-13-20(28(35)32-21-8-9-22(32)17-38-16-21)7-10-25(26)27(34)30-14-24(33)15-31(29(36)37)23-11-18-5-3-4-6-19(18)12-23/h3-7,10,13,21-24,33H,2,8-9,11-12,14-17H2,1H3,(H,30,34)(H,36,37)/t21?,22?,24-/m0/s1. The van der Waals surface area contributed by atoms with Gasteiger partial charge in [0.05, 0.1) is 50.1 Å². The number of rotatable bonds is 9. The first-order chi connectivity index (χ1) is 18.9. The van der Waals surface area contributed by atoms with Gasteiger partial charge in [-0.15, -0.1) is 0 Å². The molecule has 10 heteroatoms. The summed E-state index contributed by atoms with van der Waals surface area (Å²) in [6, 6.07) is 12.5. The molecule has 2 saturated heterocycles. The number of benzene rings is 2. The van der Waals surface area contributed by atoms with E-state index in [1.807, 2.05) is 29.2 Å². The number of amides is 3. The van der Waals surface area contributed by atoms with Crippen molar-refractivity contribution in [2.24, 2.45) is 0 Å². The predicted molar refractivity (Wildman–Crippen MR) is 142 cm³/mol. The summed E-state index contributed by atoms with van der Waals surface area (Å²) in [7, 11) is 0. The Morgan fingerprint density at radius 2 is 1.77 bits per heavy atom. The minimum Gasteiger partial charge on any atom is -0.493 e. The molecule has 3 amide bonds. The van der Waals surface area contributed by atoms with Gasteiger partial charge in [0, 0.05) is 18.2 Å². The molecule has 0 radical (unpaired) electrons. The number of hydrogen-bond acceptors (Lipinski definition) is 6. The zero-order chi connectivity index (χ0) is 27.5. The second kappa shape index (κ2) is 11.6. The fraction of sp³-hybridized carbons (Fsp3) is 0.483. The highest BCUT2D eigenvalue weighted by Crippen LogP contribution is 2.32. The van der Waals surface area contributed by atoms with Crippen LogP contribution in [0.2, 0.25) is 0 Å². The van der Waals surface area contributed by atoms with Crippen LogP contribution in [0.4, 0.5) is 4.79 Å². The summed E-state index contributed by atoms with van der Waals surface area (Å²) in [4.78, 5) is 41.4. The zero-order valence-corrected chi connectivity index (χ0v) is 22.0. The van der Waals surface area contributed by atoms with E-state index in [0.717, 1.165) is 24.0 Å². The summed E-state index contributed by atoms with van der Waals surface area (Å²) in [6.45, 7) is 2.92. The third-order valence-corrected chi connectivity index (χ3v) is 7.87. The van der Waals surface area contributed by atoms with Crippen LogP contribution in [0.1, 0.15) is 51.6 Å². The number of carbonyl (C=O) groups excluding carboxylic acids is 2. The maximum absolute atomic E-state index is 13.3. The first kappa shape index (κ1) is 27.0. The minimum atomic E-state index is -1.11. The number of aliphatic hydroxyl groups is 1. The summed E-state index contributed by atoms with van der Waals surface area (Å²) in [5, 5.41) is 23.1. The van der Waals surface area contributed by atoms with Gasteiger partial charge in [0.15, 0.2) is 0 Å². The Balaban J connectivity index is 1.21. The first-order valence-corrected chi connectivity index (χ1v) is 13.6. The van der Waals surface area contributed by atoms with Gasteiger partial charge in [0.2, 0.25) is 0 Å². The van der Waals surface area contributed by atoms with Crippen molar-refractivity contribution in [2.45, 2.75) is 56.8 Å². The minimum absolute atomic E-state index is 0.0695. The van der Waals surface area contributed by atoms with Gasteiger partial charge in [0.1, 0.15) is 5.75 Å². The molecule has 3 atom stereocenters. The van der Waals surface area contributed by atoms with Gasteiger partial charge in [-0.25, -0.2) is 4.79 Å². The number of ether oxygens (including phenoxy) is 2. The van der Waals surface area contributed by atoms with E-state index in [1.165, 1.54) is 4.90 Å². The van der Waals surface area contributed by atoms with Crippen LogP contribution in [0.3, 0.4) is 0 Å². The second-order valence-electron chi connectivity index (χ2n) is 10.4. The second-order valence-corrected chi connectivity index (χ2v) is 10.4. The molecule has 0 aromatic heterocycles. The average Bonchev–Trinajstić information content (AvgIpc) is 3.47. The van der Waals surface area contributed by atoms with Crippen molar-refractivity contribution in [2.75, 3.05) is 32.9 Å². The lowest BCUT2D eigenvalue weighted by molar-refractivity contribution is -0.00717. The van der Waals surface area contributed by atoms with Gasteiger partial charge >= 0.3 is 6.09 Å². The first-order valence-electron chi connectivity index (χ1n) is 13.6. The topological polar surface area (TPSA) is 129 Å².